The highest BCUT2D eigenvalue weighted by Gasteiger charge is 2.36. The smallest absolute Gasteiger partial charge is 0.343 e. The van der Waals surface area contributed by atoms with Crippen LogP contribution in [0.15, 0.2) is 57.9 Å². The second-order valence-corrected chi connectivity index (χ2v) is 10.6. The number of methoxy groups -OCH3 is 1. The Hall–Kier alpha value is -3.47. The molecule has 2 aliphatic rings. The van der Waals surface area contributed by atoms with Crippen LogP contribution in [0.2, 0.25) is 5.02 Å². The van der Waals surface area contributed by atoms with Crippen molar-refractivity contribution in [3.63, 3.8) is 0 Å². The highest BCUT2D eigenvalue weighted by atomic mass is 79.9. The molecule has 0 bridgehead atoms. The lowest BCUT2D eigenvalue weighted by Gasteiger charge is -2.14. The highest BCUT2D eigenvalue weighted by Crippen LogP contribution is 2.41. The molecule has 3 aromatic carbocycles. The maximum absolute atomic E-state index is 13.1. The minimum absolute atomic E-state index is 0.0155. The zero-order chi connectivity index (χ0) is 27.0. The lowest BCUT2D eigenvalue weighted by atomic mass is 10.1. The average molecular weight is 617 g/mol. The molecule has 194 valence electrons. The lowest BCUT2D eigenvalue weighted by Crippen LogP contribution is -2.27. The molecule has 0 N–H and O–H groups in total. The average Bonchev–Trinajstić information content (AvgIpc) is 3.44. The second kappa shape index (κ2) is 10.7. The molecule has 0 saturated carbocycles. The van der Waals surface area contributed by atoms with Gasteiger partial charge in [0.25, 0.3) is 11.1 Å². The number of imide groups is 1. The Morgan fingerprint density at radius 2 is 1.84 bits per heavy atom. The van der Waals surface area contributed by atoms with Crippen LogP contribution in [0.4, 0.5) is 4.79 Å². The van der Waals surface area contributed by atoms with Crippen molar-refractivity contribution in [2.24, 2.45) is 0 Å². The highest BCUT2D eigenvalue weighted by molar-refractivity contribution is 9.10. The summed E-state index contributed by atoms with van der Waals surface area (Å²) in [4.78, 5) is 39.8. The van der Waals surface area contributed by atoms with Gasteiger partial charge in [-0.05, 0) is 82.2 Å². The first-order valence-electron chi connectivity index (χ1n) is 11.2. The molecule has 0 aromatic heterocycles. The summed E-state index contributed by atoms with van der Waals surface area (Å²) in [6, 6.07) is 13.5. The van der Waals surface area contributed by atoms with Crippen LogP contribution < -0.4 is 18.9 Å². The van der Waals surface area contributed by atoms with E-state index in [2.05, 4.69) is 15.9 Å². The first kappa shape index (κ1) is 26.1. The van der Waals surface area contributed by atoms with Crippen LogP contribution in [-0.2, 0) is 11.3 Å². The number of esters is 1. The van der Waals surface area contributed by atoms with E-state index in [-0.39, 0.29) is 29.7 Å². The van der Waals surface area contributed by atoms with Gasteiger partial charge in [0.1, 0.15) is 0 Å². The van der Waals surface area contributed by atoms with E-state index >= 15 is 0 Å². The summed E-state index contributed by atoms with van der Waals surface area (Å²) in [5.41, 5.74) is 2.54. The van der Waals surface area contributed by atoms with Gasteiger partial charge in [0.05, 0.1) is 28.6 Å². The van der Waals surface area contributed by atoms with E-state index in [9.17, 15) is 14.4 Å². The minimum Gasteiger partial charge on any atom is -0.493 e. The molecular weight excluding hydrogens is 598 g/mol. The zero-order valence-electron chi connectivity index (χ0n) is 20.1. The number of carbonyl (C=O) groups excluding carboxylic acids is 3. The SMILES string of the molecule is COc1cc(/C=C2\SC(=O)N(Cc3cc4c(cc3Cl)OCO4)C2=O)cc(Br)c1OC(=O)c1ccc(C)cc1. The van der Waals surface area contributed by atoms with Gasteiger partial charge in [-0.1, -0.05) is 29.3 Å². The fourth-order valence-electron chi connectivity index (χ4n) is 3.80. The first-order chi connectivity index (χ1) is 18.2. The number of fused-ring (bicyclic) bond motifs is 1. The molecule has 2 heterocycles. The molecule has 0 unspecified atom stereocenters. The lowest BCUT2D eigenvalue weighted by molar-refractivity contribution is -0.123. The van der Waals surface area contributed by atoms with E-state index in [1.54, 1.807) is 42.5 Å². The Kier molecular flexibility index (Phi) is 7.38. The van der Waals surface area contributed by atoms with Crippen LogP contribution in [-0.4, -0.2) is 35.9 Å². The molecule has 0 atom stereocenters. The fourth-order valence-corrected chi connectivity index (χ4v) is 5.39. The predicted octanol–water partition coefficient (Wildman–Crippen LogP) is 6.60. The van der Waals surface area contributed by atoms with E-state index in [0.717, 1.165) is 22.2 Å². The van der Waals surface area contributed by atoms with Crippen molar-refractivity contribution in [3.8, 4) is 23.0 Å². The Bertz CT molecular complexity index is 1510. The van der Waals surface area contributed by atoms with E-state index in [0.29, 0.717) is 37.7 Å². The van der Waals surface area contributed by atoms with Crippen LogP contribution in [0.3, 0.4) is 0 Å². The molecule has 5 rings (SSSR count). The second-order valence-electron chi connectivity index (χ2n) is 8.35. The van der Waals surface area contributed by atoms with Crippen molar-refractivity contribution in [3.05, 3.63) is 85.2 Å². The molecule has 1 fully saturated rings. The number of nitrogens with zero attached hydrogens (tertiary/aromatic N) is 1. The number of hydrogen-bond acceptors (Lipinski definition) is 8. The molecule has 2 amide bonds. The summed E-state index contributed by atoms with van der Waals surface area (Å²) in [6.07, 6.45) is 1.57. The molecule has 8 nitrogen and oxygen atoms in total. The molecule has 2 aliphatic heterocycles. The van der Waals surface area contributed by atoms with E-state index in [4.69, 9.17) is 30.5 Å². The van der Waals surface area contributed by atoms with Crippen molar-refractivity contribution in [2.75, 3.05) is 13.9 Å². The van der Waals surface area contributed by atoms with E-state index in [1.807, 2.05) is 19.1 Å². The van der Waals surface area contributed by atoms with Crippen LogP contribution in [0.25, 0.3) is 6.08 Å². The number of thioether (sulfide) groups is 1. The van der Waals surface area contributed by atoms with Gasteiger partial charge in [-0.3, -0.25) is 14.5 Å². The van der Waals surface area contributed by atoms with Gasteiger partial charge in [0.15, 0.2) is 23.0 Å². The van der Waals surface area contributed by atoms with Gasteiger partial charge in [-0.25, -0.2) is 4.79 Å². The summed E-state index contributed by atoms with van der Waals surface area (Å²) in [5.74, 6) is 0.490. The normalized spacial score (nSPS) is 15.4. The van der Waals surface area contributed by atoms with Gasteiger partial charge in [-0.2, -0.15) is 0 Å². The largest absolute Gasteiger partial charge is 0.493 e. The third kappa shape index (κ3) is 5.24. The van der Waals surface area contributed by atoms with Gasteiger partial charge in [0.2, 0.25) is 6.79 Å². The standard InChI is InChI=1S/C27H19BrClNO7S/c1-14-3-5-16(6-4-14)26(32)37-24-18(28)7-15(8-22(24)34-2)9-23-25(31)30(27(33)38-23)12-17-10-20-21(11-19(17)29)36-13-35-20/h3-11H,12-13H2,1-2H3/b23-9-. The molecule has 38 heavy (non-hydrogen) atoms. The molecule has 0 spiro atoms. The Morgan fingerprint density at radius 1 is 1.13 bits per heavy atom. The first-order valence-corrected chi connectivity index (χ1v) is 13.2. The third-order valence-electron chi connectivity index (χ3n) is 5.78. The number of halogens is 2. The van der Waals surface area contributed by atoms with Gasteiger partial charge < -0.3 is 18.9 Å². The number of carbonyl (C=O) groups is 3. The van der Waals surface area contributed by atoms with Crippen LogP contribution in [0.1, 0.15) is 27.0 Å². The number of amides is 2. The van der Waals surface area contributed by atoms with Crippen LogP contribution >= 0.6 is 39.3 Å². The zero-order valence-corrected chi connectivity index (χ0v) is 23.2. The molecule has 3 aromatic rings. The Labute approximate surface area is 235 Å². The number of benzene rings is 3. The van der Waals surface area contributed by atoms with Gasteiger partial charge in [0, 0.05) is 11.1 Å². The molecular formula is C27H19BrClNO7S. The summed E-state index contributed by atoms with van der Waals surface area (Å²) >= 11 is 10.6. The summed E-state index contributed by atoms with van der Waals surface area (Å²) in [7, 11) is 1.44. The van der Waals surface area contributed by atoms with Crippen molar-refractivity contribution >= 4 is 62.5 Å². The van der Waals surface area contributed by atoms with Crippen molar-refractivity contribution in [1.29, 1.82) is 0 Å². The van der Waals surface area contributed by atoms with E-state index in [1.165, 1.54) is 7.11 Å². The van der Waals surface area contributed by atoms with E-state index < -0.39 is 17.1 Å². The number of aryl methyl sites for hydroxylation is 1. The number of rotatable bonds is 6. The van der Waals surface area contributed by atoms with Crippen molar-refractivity contribution in [2.45, 2.75) is 13.5 Å². The Balaban J connectivity index is 1.36. The fraction of sp³-hybridized carbons (Fsp3) is 0.148. The summed E-state index contributed by atoms with van der Waals surface area (Å²) < 4.78 is 22.1. The minimum atomic E-state index is -0.542. The van der Waals surface area contributed by atoms with Gasteiger partial charge >= 0.3 is 5.97 Å². The van der Waals surface area contributed by atoms with Crippen LogP contribution in [0, 0.1) is 6.92 Å². The molecule has 0 radical (unpaired) electrons. The van der Waals surface area contributed by atoms with Crippen molar-refractivity contribution in [1.82, 2.24) is 4.90 Å². The third-order valence-corrected chi connectivity index (χ3v) is 7.62. The Morgan fingerprint density at radius 3 is 2.55 bits per heavy atom. The predicted molar refractivity (Wildman–Crippen MR) is 146 cm³/mol. The monoisotopic (exact) mass is 615 g/mol. The van der Waals surface area contributed by atoms with Crippen LogP contribution in [0.5, 0.6) is 23.0 Å². The quantitative estimate of drug-likeness (QED) is 0.174. The van der Waals surface area contributed by atoms with Crippen molar-refractivity contribution < 1.29 is 33.3 Å². The molecule has 11 heteroatoms. The summed E-state index contributed by atoms with van der Waals surface area (Å²) in [5, 5.41) is -0.0635. The summed E-state index contributed by atoms with van der Waals surface area (Å²) in [6.45, 7) is 2.00. The van der Waals surface area contributed by atoms with Gasteiger partial charge in [-0.15, -0.1) is 0 Å². The molecule has 1 saturated heterocycles. The topological polar surface area (TPSA) is 91.4 Å². The maximum Gasteiger partial charge on any atom is 0.343 e. The number of hydrogen-bond donors (Lipinski definition) is 0. The maximum atomic E-state index is 13.1. The molecule has 0 aliphatic carbocycles. The number of ether oxygens (including phenoxy) is 4.